The standard InChI is InChI=1S/C22H23FN2O5/c1-12-3-4-14(16(23)9-12)5-6-17(26)15-10-24-11-18-25(13(2)7-8-30-18)22(29)19(24)21(28)20(15)27/h3-4,9-10,13,18,28H,5-8,11H2,1-2H3/t13-,18+/m1/s1. The molecule has 4 rings (SSSR count). The van der Waals surface area contributed by atoms with Gasteiger partial charge in [-0.3, -0.25) is 14.4 Å². The van der Waals surface area contributed by atoms with Gasteiger partial charge >= 0.3 is 0 Å². The molecule has 0 aliphatic carbocycles. The lowest BCUT2D eigenvalue weighted by atomic mass is 10.0. The SMILES string of the molecule is Cc1ccc(CCC(=O)c2cn3c(c(O)c2=O)C(=O)N2[C@H](C)CCO[C@H]2C3)c(F)c1. The first-order chi connectivity index (χ1) is 14.3. The van der Waals surface area contributed by atoms with Crippen LogP contribution in [0.3, 0.4) is 0 Å². The molecular formula is C22H23FN2O5. The predicted octanol–water partition coefficient (Wildman–Crippen LogP) is 2.41. The van der Waals surface area contributed by atoms with E-state index in [9.17, 15) is 23.9 Å². The fraction of sp³-hybridized carbons (Fsp3) is 0.409. The zero-order valence-corrected chi connectivity index (χ0v) is 16.9. The van der Waals surface area contributed by atoms with Crippen molar-refractivity contribution in [1.29, 1.82) is 0 Å². The number of nitrogens with zero attached hydrogens (tertiary/aromatic N) is 2. The van der Waals surface area contributed by atoms with Crippen LogP contribution in [0.5, 0.6) is 5.75 Å². The van der Waals surface area contributed by atoms with Crippen LogP contribution >= 0.6 is 0 Å². The molecule has 2 aromatic rings. The number of Topliss-reactive ketones (excluding diaryl/α,β-unsaturated/α-hetero) is 1. The van der Waals surface area contributed by atoms with Crippen molar-refractivity contribution in [3.8, 4) is 5.75 Å². The Morgan fingerprint density at radius 1 is 1.33 bits per heavy atom. The molecule has 1 fully saturated rings. The Kier molecular flexibility index (Phi) is 5.19. The summed E-state index contributed by atoms with van der Waals surface area (Å²) in [7, 11) is 0. The largest absolute Gasteiger partial charge is 0.503 e. The molecule has 0 saturated carbocycles. The van der Waals surface area contributed by atoms with Crippen molar-refractivity contribution in [3.63, 3.8) is 0 Å². The molecule has 0 spiro atoms. The van der Waals surface area contributed by atoms with Crippen LogP contribution in [0.1, 0.15) is 51.7 Å². The maximum atomic E-state index is 14.0. The second-order valence-corrected chi connectivity index (χ2v) is 7.92. The van der Waals surface area contributed by atoms with Gasteiger partial charge in [-0.05, 0) is 43.9 Å². The quantitative estimate of drug-likeness (QED) is 0.777. The van der Waals surface area contributed by atoms with Crippen molar-refractivity contribution < 1.29 is 23.8 Å². The van der Waals surface area contributed by atoms with E-state index in [4.69, 9.17) is 4.74 Å². The fourth-order valence-electron chi connectivity index (χ4n) is 4.09. The van der Waals surface area contributed by atoms with Crippen LogP contribution in [-0.2, 0) is 17.7 Å². The summed E-state index contributed by atoms with van der Waals surface area (Å²) in [6.45, 7) is 4.38. The number of aryl methyl sites for hydroxylation is 2. The minimum absolute atomic E-state index is 0.0785. The highest BCUT2D eigenvalue weighted by molar-refractivity contribution is 6.00. The first-order valence-electron chi connectivity index (χ1n) is 9.97. The van der Waals surface area contributed by atoms with Gasteiger partial charge in [-0.2, -0.15) is 0 Å². The molecule has 2 aliphatic rings. The second kappa shape index (κ2) is 7.68. The maximum Gasteiger partial charge on any atom is 0.276 e. The van der Waals surface area contributed by atoms with E-state index in [1.165, 1.54) is 21.7 Å². The lowest BCUT2D eigenvalue weighted by Gasteiger charge is -2.44. The van der Waals surface area contributed by atoms with E-state index >= 15 is 0 Å². The number of ether oxygens (including phenoxy) is 1. The molecule has 0 unspecified atom stereocenters. The van der Waals surface area contributed by atoms with Crippen LogP contribution in [0.2, 0.25) is 0 Å². The number of ketones is 1. The fourth-order valence-corrected chi connectivity index (χ4v) is 4.09. The monoisotopic (exact) mass is 414 g/mol. The molecule has 7 nitrogen and oxygen atoms in total. The molecule has 1 amide bonds. The summed E-state index contributed by atoms with van der Waals surface area (Å²) in [6.07, 6.45) is 1.50. The van der Waals surface area contributed by atoms with Crippen LogP contribution in [-0.4, -0.2) is 45.1 Å². The zero-order chi connectivity index (χ0) is 21.6. The number of amides is 1. The molecule has 2 aliphatic heterocycles. The number of rotatable bonds is 4. The molecule has 1 saturated heterocycles. The summed E-state index contributed by atoms with van der Waals surface area (Å²) in [6, 6.07) is 4.68. The van der Waals surface area contributed by atoms with Crippen molar-refractivity contribution >= 4 is 11.7 Å². The van der Waals surface area contributed by atoms with E-state index in [1.807, 2.05) is 6.92 Å². The van der Waals surface area contributed by atoms with Gasteiger partial charge in [0, 0.05) is 18.7 Å². The van der Waals surface area contributed by atoms with Gasteiger partial charge in [0.05, 0.1) is 18.7 Å². The van der Waals surface area contributed by atoms with Crippen molar-refractivity contribution in [2.75, 3.05) is 6.61 Å². The molecule has 1 aromatic carbocycles. The van der Waals surface area contributed by atoms with Crippen LogP contribution in [0.4, 0.5) is 4.39 Å². The molecule has 1 aromatic heterocycles. The van der Waals surface area contributed by atoms with E-state index in [2.05, 4.69) is 0 Å². The van der Waals surface area contributed by atoms with Crippen LogP contribution < -0.4 is 5.43 Å². The average Bonchev–Trinajstić information content (AvgIpc) is 2.69. The Morgan fingerprint density at radius 3 is 2.83 bits per heavy atom. The van der Waals surface area contributed by atoms with Crippen LogP contribution in [0, 0.1) is 12.7 Å². The van der Waals surface area contributed by atoms with Crippen molar-refractivity contribution in [1.82, 2.24) is 9.47 Å². The highest BCUT2D eigenvalue weighted by Crippen LogP contribution is 2.29. The molecular weight excluding hydrogens is 391 g/mol. The summed E-state index contributed by atoms with van der Waals surface area (Å²) in [5.74, 6) is -2.14. The molecule has 0 radical (unpaired) electrons. The third-order valence-electron chi connectivity index (χ3n) is 5.81. The highest BCUT2D eigenvalue weighted by atomic mass is 19.1. The number of benzene rings is 1. The smallest absolute Gasteiger partial charge is 0.276 e. The van der Waals surface area contributed by atoms with E-state index < -0.39 is 34.9 Å². The Balaban J connectivity index is 1.63. The molecule has 158 valence electrons. The minimum atomic E-state index is -0.881. The number of fused-ring (bicyclic) bond motifs is 2. The third kappa shape index (κ3) is 3.41. The van der Waals surface area contributed by atoms with Crippen molar-refractivity contribution in [3.05, 3.63) is 62.8 Å². The van der Waals surface area contributed by atoms with Crippen LogP contribution in [0.15, 0.2) is 29.2 Å². The van der Waals surface area contributed by atoms with E-state index in [0.29, 0.717) is 18.6 Å². The van der Waals surface area contributed by atoms with Crippen molar-refractivity contribution in [2.24, 2.45) is 0 Å². The van der Waals surface area contributed by atoms with Gasteiger partial charge in [0.2, 0.25) is 5.43 Å². The van der Waals surface area contributed by atoms with Gasteiger partial charge in [0.25, 0.3) is 5.91 Å². The topological polar surface area (TPSA) is 88.8 Å². The Morgan fingerprint density at radius 2 is 2.10 bits per heavy atom. The molecule has 1 N–H and O–H groups in total. The number of carbonyl (C=O) groups is 2. The van der Waals surface area contributed by atoms with Crippen molar-refractivity contribution in [2.45, 2.75) is 51.9 Å². The summed E-state index contributed by atoms with van der Waals surface area (Å²) in [5, 5.41) is 10.4. The van der Waals surface area contributed by atoms with Crippen LogP contribution in [0.25, 0.3) is 0 Å². The molecule has 8 heteroatoms. The van der Waals surface area contributed by atoms with E-state index in [1.54, 1.807) is 19.1 Å². The average molecular weight is 414 g/mol. The van der Waals surface area contributed by atoms with Gasteiger partial charge in [-0.15, -0.1) is 0 Å². The summed E-state index contributed by atoms with van der Waals surface area (Å²) < 4.78 is 21.1. The first-order valence-corrected chi connectivity index (χ1v) is 9.97. The first kappa shape index (κ1) is 20.3. The number of hydrogen-bond donors (Lipinski definition) is 1. The minimum Gasteiger partial charge on any atom is -0.503 e. The lowest BCUT2D eigenvalue weighted by molar-refractivity contribution is -0.112. The number of aromatic nitrogens is 1. The normalized spacial score (nSPS) is 20.6. The Labute approximate surface area is 172 Å². The van der Waals surface area contributed by atoms with Gasteiger partial charge in [0.1, 0.15) is 5.82 Å². The Hall–Kier alpha value is -3.00. The zero-order valence-electron chi connectivity index (χ0n) is 16.9. The van der Waals surface area contributed by atoms with E-state index in [-0.39, 0.29) is 36.7 Å². The summed E-state index contributed by atoms with van der Waals surface area (Å²) >= 11 is 0. The number of halogens is 1. The van der Waals surface area contributed by atoms with Gasteiger partial charge in [-0.25, -0.2) is 4.39 Å². The number of pyridine rings is 1. The molecule has 2 atom stereocenters. The Bertz CT molecular complexity index is 1090. The summed E-state index contributed by atoms with van der Waals surface area (Å²) in [4.78, 5) is 39.7. The second-order valence-electron chi connectivity index (χ2n) is 7.92. The molecule has 3 heterocycles. The number of hydrogen-bond acceptors (Lipinski definition) is 5. The highest BCUT2D eigenvalue weighted by Gasteiger charge is 2.40. The van der Waals surface area contributed by atoms with E-state index in [0.717, 1.165) is 5.56 Å². The van der Waals surface area contributed by atoms with Gasteiger partial charge in [-0.1, -0.05) is 12.1 Å². The predicted molar refractivity (Wildman–Crippen MR) is 106 cm³/mol. The third-order valence-corrected chi connectivity index (χ3v) is 5.81. The molecule has 0 bridgehead atoms. The maximum absolute atomic E-state index is 14.0. The van der Waals surface area contributed by atoms with Gasteiger partial charge < -0.3 is 19.3 Å². The number of aromatic hydroxyl groups is 1. The lowest BCUT2D eigenvalue weighted by Crippen LogP contribution is -2.57. The number of carbonyl (C=O) groups excluding carboxylic acids is 2. The molecule has 30 heavy (non-hydrogen) atoms. The van der Waals surface area contributed by atoms with Gasteiger partial charge in [0.15, 0.2) is 23.5 Å². The summed E-state index contributed by atoms with van der Waals surface area (Å²) in [5.41, 5.74) is -0.0679.